The Morgan fingerprint density at radius 1 is 1.27 bits per heavy atom. The van der Waals surface area contributed by atoms with Gasteiger partial charge >= 0.3 is 0 Å². The molecule has 0 radical (unpaired) electrons. The Hall–Kier alpha value is -2.05. The summed E-state index contributed by atoms with van der Waals surface area (Å²) in [5, 5.41) is 2.70. The van der Waals surface area contributed by atoms with E-state index in [-0.39, 0.29) is 16.8 Å². The summed E-state index contributed by atoms with van der Waals surface area (Å²) in [5.41, 5.74) is 1.45. The zero-order valence-electron chi connectivity index (χ0n) is 13.7. The van der Waals surface area contributed by atoms with Crippen LogP contribution in [0.5, 0.6) is 0 Å². The summed E-state index contributed by atoms with van der Waals surface area (Å²) in [6.07, 6.45) is 1.11. The molecule has 0 spiro atoms. The average molecular weight is 391 g/mol. The van der Waals surface area contributed by atoms with E-state index in [1.54, 1.807) is 16.7 Å². The van der Waals surface area contributed by atoms with Gasteiger partial charge in [-0.05, 0) is 30.2 Å². The third kappa shape index (κ3) is 2.77. The molecule has 2 aromatic carbocycles. The molecule has 2 aliphatic rings. The van der Waals surface area contributed by atoms with Gasteiger partial charge in [-0.1, -0.05) is 41.9 Å². The molecule has 2 heterocycles. The zero-order chi connectivity index (χ0) is 18.3. The van der Waals surface area contributed by atoms with E-state index >= 15 is 0 Å². The molecule has 0 aromatic heterocycles. The van der Waals surface area contributed by atoms with Crippen LogP contribution in [0.1, 0.15) is 18.4 Å². The predicted octanol–water partition coefficient (Wildman–Crippen LogP) is 4.01. The van der Waals surface area contributed by atoms with E-state index < -0.39 is 16.7 Å². The highest BCUT2D eigenvalue weighted by molar-refractivity contribution is 8.00. The van der Waals surface area contributed by atoms with E-state index in [1.165, 1.54) is 18.2 Å². The summed E-state index contributed by atoms with van der Waals surface area (Å²) in [7, 11) is 0. The maximum absolute atomic E-state index is 13.3. The van der Waals surface area contributed by atoms with Crippen LogP contribution >= 0.6 is 23.4 Å². The summed E-state index contributed by atoms with van der Waals surface area (Å²) in [6, 6.07) is 13.3. The highest BCUT2D eigenvalue weighted by Gasteiger charge is 2.56. The number of fused-ring (bicyclic) bond motifs is 1. The molecule has 2 amide bonds. The number of nitrogens with zero attached hydrogens (tertiary/aromatic N) is 1. The summed E-state index contributed by atoms with van der Waals surface area (Å²) in [5.74, 6) is -0.329. The van der Waals surface area contributed by atoms with Gasteiger partial charge in [-0.3, -0.25) is 9.59 Å². The van der Waals surface area contributed by atoms with Crippen LogP contribution in [0, 0.1) is 5.82 Å². The fourth-order valence-electron chi connectivity index (χ4n) is 3.64. The Morgan fingerprint density at radius 2 is 2.04 bits per heavy atom. The minimum atomic E-state index is -0.570. The third-order valence-electron chi connectivity index (χ3n) is 4.84. The van der Waals surface area contributed by atoms with Crippen molar-refractivity contribution in [1.82, 2.24) is 4.90 Å². The van der Waals surface area contributed by atoms with Crippen molar-refractivity contribution in [1.29, 1.82) is 0 Å². The smallest absolute Gasteiger partial charge is 0.248 e. The van der Waals surface area contributed by atoms with E-state index in [0.29, 0.717) is 24.3 Å². The standard InChI is InChI=1S/C19H16ClFN2O2S/c20-14-10-13(6-7-15(14)21)22-18(25)16-11-26-19(9-8-17(24)23(16)19)12-4-2-1-3-5-12/h1-7,10,16H,8-9,11H2,(H,22,25)/t16-,19+/m1/s1. The molecule has 26 heavy (non-hydrogen) atoms. The van der Waals surface area contributed by atoms with Crippen molar-refractivity contribution in [3.63, 3.8) is 0 Å². The number of benzene rings is 2. The highest BCUT2D eigenvalue weighted by Crippen LogP contribution is 2.54. The molecule has 4 nitrogen and oxygen atoms in total. The number of anilines is 1. The summed E-state index contributed by atoms with van der Waals surface area (Å²) in [4.78, 5) is 26.6. The lowest BCUT2D eigenvalue weighted by Crippen LogP contribution is -2.48. The van der Waals surface area contributed by atoms with Gasteiger partial charge in [-0.25, -0.2) is 4.39 Å². The molecular weight excluding hydrogens is 375 g/mol. The normalized spacial score (nSPS) is 24.6. The second-order valence-corrected chi connectivity index (χ2v) is 8.06. The molecule has 0 bridgehead atoms. The number of rotatable bonds is 3. The molecule has 7 heteroatoms. The Balaban J connectivity index is 1.60. The van der Waals surface area contributed by atoms with Gasteiger partial charge in [-0.15, -0.1) is 11.8 Å². The van der Waals surface area contributed by atoms with Gasteiger partial charge in [0.1, 0.15) is 16.7 Å². The SMILES string of the molecule is O=C(Nc1ccc(F)c(Cl)c1)[C@H]1CS[C@]2(c3ccccc3)CCC(=O)N12. The summed E-state index contributed by atoms with van der Waals surface area (Å²) < 4.78 is 13.3. The second kappa shape index (κ2) is 6.59. The minimum absolute atomic E-state index is 0.0175. The Morgan fingerprint density at radius 3 is 2.77 bits per heavy atom. The van der Waals surface area contributed by atoms with Crippen molar-refractivity contribution in [3.05, 3.63) is 64.9 Å². The van der Waals surface area contributed by atoms with Gasteiger partial charge in [0.2, 0.25) is 11.8 Å². The first-order valence-corrected chi connectivity index (χ1v) is 9.65. The van der Waals surface area contributed by atoms with Gasteiger partial charge in [-0.2, -0.15) is 0 Å². The minimum Gasteiger partial charge on any atom is -0.324 e. The molecule has 0 unspecified atom stereocenters. The Kier molecular flexibility index (Phi) is 4.40. The predicted molar refractivity (Wildman–Crippen MR) is 100 cm³/mol. The van der Waals surface area contributed by atoms with Crippen LogP contribution in [-0.2, 0) is 14.5 Å². The molecule has 2 aromatic rings. The number of hydrogen-bond acceptors (Lipinski definition) is 3. The van der Waals surface area contributed by atoms with E-state index in [9.17, 15) is 14.0 Å². The molecule has 134 valence electrons. The van der Waals surface area contributed by atoms with Gasteiger partial charge < -0.3 is 10.2 Å². The summed E-state index contributed by atoms with van der Waals surface area (Å²) in [6.45, 7) is 0. The topological polar surface area (TPSA) is 49.4 Å². The van der Waals surface area contributed by atoms with Crippen LogP contribution in [0.15, 0.2) is 48.5 Å². The van der Waals surface area contributed by atoms with Crippen molar-refractivity contribution in [2.45, 2.75) is 23.8 Å². The van der Waals surface area contributed by atoms with E-state index in [0.717, 1.165) is 5.56 Å². The molecule has 4 rings (SSSR count). The molecule has 0 saturated carbocycles. The summed E-state index contributed by atoms with van der Waals surface area (Å²) >= 11 is 7.40. The first kappa shape index (κ1) is 17.4. The molecule has 0 aliphatic carbocycles. The lowest BCUT2D eigenvalue weighted by atomic mass is 10.0. The first-order valence-electron chi connectivity index (χ1n) is 8.29. The number of thioether (sulfide) groups is 1. The molecule has 1 N–H and O–H groups in total. The van der Waals surface area contributed by atoms with Crippen LogP contribution in [0.2, 0.25) is 5.02 Å². The van der Waals surface area contributed by atoms with Crippen molar-refractivity contribution in [2.24, 2.45) is 0 Å². The van der Waals surface area contributed by atoms with Gasteiger partial charge in [0, 0.05) is 17.9 Å². The fourth-order valence-corrected chi connectivity index (χ4v) is 5.47. The van der Waals surface area contributed by atoms with Crippen molar-refractivity contribution in [2.75, 3.05) is 11.1 Å². The lowest BCUT2D eigenvalue weighted by Gasteiger charge is -2.34. The number of amides is 2. The number of halogens is 2. The number of hydrogen-bond donors (Lipinski definition) is 1. The van der Waals surface area contributed by atoms with Crippen LogP contribution in [0.4, 0.5) is 10.1 Å². The number of nitrogens with one attached hydrogen (secondary N) is 1. The van der Waals surface area contributed by atoms with Gasteiger partial charge in [0.15, 0.2) is 0 Å². The highest BCUT2D eigenvalue weighted by atomic mass is 35.5. The maximum atomic E-state index is 13.3. The molecule has 2 atom stereocenters. The number of carbonyl (C=O) groups excluding carboxylic acids is 2. The van der Waals surface area contributed by atoms with Crippen LogP contribution < -0.4 is 5.32 Å². The quantitative estimate of drug-likeness (QED) is 0.861. The molecule has 2 saturated heterocycles. The van der Waals surface area contributed by atoms with Crippen molar-refractivity contribution >= 4 is 40.9 Å². The monoisotopic (exact) mass is 390 g/mol. The first-order chi connectivity index (χ1) is 12.5. The maximum Gasteiger partial charge on any atom is 0.248 e. The van der Waals surface area contributed by atoms with Crippen molar-refractivity contribution < 1.29 is 14.0 Å². The van der Waals surface area contributed by atoms with E-state index in [1.807, 2.05) is 30.3 Å². The Labute approximate surface area is 159 Å². The van der Waals surface area contributed by atoms with Crippen LogP contribution in [-0.4, -0.2) is 28.5 Å². The van der Waals surface area contributed by atoms with E-state index in [2.05, 4.69) is 5.32 Å². The lowest BCUT2D eigenvalue weighted by molar-refractivity contribution is -0.136. The van der Waals surface area contributed by atoms with Crippen LogP contribution in [0.3, 0.4) is 0 Å². The van der Waals surface area contributed by atoms with Gasteiger partial charge in [0.05, 0.1) is 5.02 Å². The van der Waals surface area contributed by atoms with E-state index in [4.69, 9.17) is 11.6 Å². The molecule has 2 aliphatic heterocycles. The van der Waals surface area contributed by atoms with Crippen LogP contribution in [0.25, 0.3) is 0 Å². The molecular formula is C19H16ClFN2O2S. The van der Waals surface area contributed by atoms with Gasteiger partial charge in [0.25, 0.3) is 0 Å². The number of carbonyl (C=O) groups is 2. The third-order valence-corrected chi connectivity index (χ3v) is 6.73. The largest absolute Gasteiger partial charge is 0.324 e. The average Bonchev–Trinajstić information content (AvgIpc) is 3.18. The molecule has 2 fully saturated rings. The second-order valence-electron chi connectivity index (χ2n) is 6.36. The Bertz CT molecular complexity index is 879. The fraction of sp³-hybridized carbons (Fsp3) is 0.263. The zero-order valence-corrected chi connectivity index (χ0v) is 15.3. The van der Waals surface area contributed by atoms with Crippen molar-refractivity contribution in [3.8, 4) is 0 Å².